The molecule has 0 bridgehead atoms. The topological polar surface area (TPSA) is 74.6 Å². The summed E-state index contributed by atoms with van der Waals surface area (Å²) in [6.07, 6.45) is 8.91. The van der Waals surface area contributed by atoms with E-state index in [9.17, 15) is 9.59 Å². The summed E-state index contributed by atoms with van der Waals surface area (Å²) in [5.74, 6) is -2.26. The molecule has 0 amide bonds. The minimum absolute atomic E-state index is 0.0481. The Morgan fingerprint density at radius 2 is 1.44 bits per heavy atom. The summed E-state index contributed by atoms with van der Waals surface area (Å²) in [4.78, 5) is 21.3. The fourth-order valence-corrected chi connectivity index (χ4v) is 2.04. The summed E-state index contributed by atoms with van der Waals surface area (Å²) in [5, 5.41) is 17.5. The van der Waals surface area contributed by atoms with E-state index < -0.39 is 17.9 Å². The second-order valence-corrected chi connectivity index (χ2v) is 4.88. The Morgan fingerprint density at radius 1 is 0.889 bits per heavy atom. The van der Waals surface area contributed by atoms with E-state index in [2.05, 4.69) is 6.92 Å². The second kappa shape index (κ2) is 11.1. The predicted octanol–water partition coefficient (Wildman–Crippen LogP) is 3.69. The number of carboxylic acids is 2. The van der Waals surface area contributed by atoms with Gasteiger partial charge in [0.1, 0.15) is 0 Å². The van der Waals surface area contributed by atoms with Crippen molar-refractivity contribution in [2.24, 2.45) is 5.92 Å². The Labute approximate surface area is 109 Å². The molecule has 0 spiro atoms. The van der Waals surface area contributed by atoms with Crippen LogP contribution in [0.1, 0.15) is 71.1 Å². The molecule has 1 atom stereocenters. The molecule has 0 aromatic carbocycles. The molecule has 0 aromatic rings. The number of hydrogen-bond donors (Lipinski definition) is 2. The molecule has 0 aromatic heterocycles. The van der Waals surface area contributed by atoms with Crippen molar-refractivity contribution in [3.8, 4) is 0 Å². The van der Waals surface area contributed by atoms with Gasteiger partial charge in [-0.15, -0.1) is 0 Å². The van der Waals surface area contributed by atoms with Gasteiger partial charge in [-0.25, -0.2) is 0 Å². The van der Waals surface area contributed by atoms with Gasteiger partial charge in [0.05, 0.1) is 5.92 Å². The molecule has 0 aliphatic carbocycles. The Morgan fingerprint density at radius 3 is 1.94 bits per heavy atom. The van der Waals surface area contributed by atoms with Gasteiger partial charge >= 0.3 is 11.9 Å². The zero-order valence-electron chi connectivity index (χ0n) is 11.4. The first-order valence-electron chi connectivity index (χ1n) is 7.02. The fraction of sp³-hybridized carbons (Fsp3) is 0.857. The number of carbonyl (C=O) groups is 2. The lowest BCUT2D eigenvalue weighted by molar-refractivity contribution is -0.143. The largest absolute Gasteiger partial charge is 0.481 e. The molecule has 106 valence electrons. The van der Waals surface area contributed by atoms with Crippen molar-refractivity contribution in [2.75, 3.05) is 0 Å². The number of rotatable bonds is 12. The van der Waals surface area contributed by atoms with Crippen molar-refractivity contribution in [3.05, 3.63) is 0 Å². The van der Waals surface area contributed by atoms with Crippen LogP contribution in [0.15, 0.2) is 0 Å². The molecule has 0 heterocycles. The lowest BCUT2D eigenvalue weighted by atomic mass is 9.96. The highest BCUT2D eigenvalue weighted by Crippen LogP contribution is 2.17. The zero-order chi connectivity index (χ0) is 13.8. The summed E-state index contributed by atoms with van der Waals surface area (Å²) in [7, 11) is 0. The SMILES string of the molecule is CCCCCCCCCC(CCC(=O)O)C(=O)O. The number of hydrogen-bond acceptors (Lipinski definition) is 2. The zero-order valence-corrected chi connectivity index (χ0v) is 11.4. The van der Waals surface area contributed by atoms with E-state index in [1.165, 1.54) is 25.7 Å². The molecule has 0 saturated heterocycles. The molecular weight excluding hydrogens is 232 g/mol. The van der Waals surface area contributed by atoms with Gasteiger partial charge in [-0.1, -0.05) is 51.9 Å². The van der Waals surface area contributed by atoms with Gasteiger partial charge in [-0.2, -0.15) is 0 Å². The van der Waals surface area contributed by atoms with E-state index >= 15 is 0 Å². The van der Waals surface area contributed by atoms with Gasteiger partial charge in [0, 0.05) is 6.42 Å². The van der Waals surface area contributed by atoms with Crippen LogP contribution < -0.4 is 0 Å². The van der Waals surface area contributed by atoms with Gasteiger partial charge in [-0.05, 0) is 12.8 Å². The maximum absolute atomic E-state index is 10.9. The van der Waals surface area contributed by atoms with Gasteiger partial charge in [0.2, 0.25) is 0 Å². The number of carboxylic acid groups (broad SMARTS) is 2. The summed E-state index contributed by atoms with van der Waals surface area (Å²) < 4.78 is 0. The summed E-state index contributed by atoms with van der Waals surface area (Å²) in [5.41, 5.74) is 0. The van der Waals surface area contributed by atoms with Crippen LogP contribution in [-0.2, 0) is 9.59 Å². The number of unbranched alkanes of at least 4 members (excludes halogenated alkanes) is 6. The van der Waals surface area contributed by atoms with Crippen LogP contribution in [-0.4, -0.2) is 22.2 Å². The average Bonchev–Trinajstić information content (AvgIpc) is 2.31. The van der Waals surface area contributed by atoms with E-state index in [1.54, 1.807) is 0 Å². The molecule has 0 fully saturated rings. The second-order valence-electron chi connectivity index (χ2n) is 4.88. The van der Waals surface area contributed by atoms with Crippen LogP contribution in [0, 0.1) is 5.92 Å². The molecule has 0 aliphatic rings. The van der Waals surface area contributed by atoms with E-state index in [-0.39, 0.29) is 12.8 Å². The van der Waals surface area contributed by atoms with Gasteiger partial charge in [-0.3, -0.25) is 9.59 Å². The third-order valence-electron chi connectivity index (χ3n) is 3.21. The molecule has 18 heavy (non-hydrogen) atoms. The maximum Gasteiger partial charge on any atom is 0.306 e. The molecule has 0 rings (SSSR count). The lowest BCUT2D eigenvalue weighted by Gasteiger charge is -2.10. The first kappa shape index (κ1) is 16.9. The van der Waals surface area contributed by atoms with Crippen LogP contribution in [0.3, 0.4) is 0 Å². The molecule has 4 nitrogen and oxygen atoms in total. The van der Waals surface area contributed by atoms with Crippen LogP contribution in [0.4, 0.5) is 0 Å². The van der Waals surface area contributed by atoms with E-state index in [0.29, 0.717) is 6.42 Å². The Kier molecular flexibility index (Phi) is 10.4. The average molecular weight is 258 g/mol. The molecule has 4 heteroatoms. The monoisotopic (exact) mass is 258 g/mol. The van der Waals surface area contributed by atoms with Crippen LogP contribution in [0.2, 0.25) is 0 Å². The van der Waals surface area contributed by atoms with Gasteiger partial charge in [0.25, 0.3) is 0 Å². The minimum atomic E-state index is -0.916. The van der Waals surface area contributed by atoms with Gasteiger partial charge < -0.3 is 10.2 Å². The summed E-state index contributed by atoms with van der Waals surface area (Å²) in [6, 6.07) is 0. The van der Waals surface area contributed by atoms with E-state index in [4.69, 9.17) is 10.2 Å². The van der Waals surface area contributed by atoms with Crippen molar-refractivity contribution >= 4 is 11.9 Å². The quantitative estimate of drug-likeness (QED) is 0.523. The lowest BCUT2D eigenvalue weighted by Crippen LogP contribution is -2.15. The first-order valence-corrected chi connectivity index (χ1v) is 7.02. The molecule has 2 N–H and O–H groups in total. The van der Waals surface area contributed by atoms with E-state index in [1.807, 2.05) is 0 Å². The van der Waals surface area contributed by atoms with Gasteiger partial charge in [0.15, 0.2) is 0 Å². The standard InChI is InChI=1S/C14H26O4/c1-2-3-4-5-6-7-8-9-12(14(17)18)10-11-13(15)16/h12H,2-11H2,1H3,(H,15,16)(H,17,18). The maximum atomic E-state index is 10.9. The van der Waals surface area contributed by atoms with Crippen molar-refractivity contribution in [2.45, 2.75) is 71.1 Å². The Balaban J connectivity index is 3.58. The van der Waals surface area contributed by atoms with Crippen molar-refractivity contribution < 1.29 is 19.8 Å². The molecule has 1 unspecified atom stereocenters. The molecule has 0 aliphatic heterocycles. The fourth-order valence-electron chi connectivity index (χ4n) is 2.04. The summed E-state index contributed by atoms with van der Waals surface area (Å²) >= 11 is 0. The van der Waals surface area contributed by atoms with Crippen molar-refractivity contribution in [1.29, 1.82) is 0 Å². The van der Waals surface area contributed by atoms with Crippen LogP contribution in [0.25, 0.3) is 0 Å². The third kappa shape index (κ3) is 10.1. The Bertz CT molecular complexity index is 238. The number of aliphatic carboxylic acids is 2. The predicted molar refractivity (Wildman–Crippen MR) is 70.6 cm³/mol. The highest BCUT2D eigenvalue weighted by Gasteiger charge is 2.17. The van der Waals surface area contributed by atoms with Crippen LogP contribution in [0.5, 0.6) is 0 Å². The molecular formula is C14H26O4. The molecule has 0 saturated carbocycles. The first-order chi connectivity index (χ1) is 8.57. The van der Waals surface area contributed by atoms with Crippen LogP contribution >= 0.6 is 0 Å². The normalized spacial score (nSPS) is 12.3. The Hall–Kier alpha value is -1.06. The summed E-state index contributed by atoms with van der Waals surface area (Å²) in [6.45, 7) is 2.18. The van der Waals surface area contributed by atoms with Crippen molar-refractivity contribution in [3.63, 3.8) is 0 Å². The highest BCUT2D eigenvalue weighted by atomic mass is 16.4. The van der Waals surface area contributed by atoms with E-state index in [0.717, 1.165) is 19.3 Å². The molecule has 0 radical (unpaired) electrons. The smallest absolute Gasteiger partial charge is 0.306 e. The minimum Gasteiger partial charge on any atom is -0.481 e. The van der Waals surface area contributed by atoms with Crippen molar-refractivity contribution in [1.82, 2.24) is 0 Å². The highest BCUT2D eigenvalue weighted by molar-refractivity contribution is 5.72. The third-order valence-corrected chi connectivity index (χ3v) is 3.21.